The number of amides is 2. The molecule has 26 heavy (non-hydrogen) atoms. The van der Waals surface area contributed by atoms with Crippen LogP contribution in [0.25, 0.3) is 0 Å². The van der Waals surface area contributed by atoms with Crippen LogP contribution < -0.4 is 5.32 Å². The Morgan fingerprint density at radius 3 is 2.38 bits per heavy atom. The van der Waals surface area contributed by atoms with Crippen molar-refractivity contribution in [1.82, 2.24) is 4.90 Å². The van der Waals surface area contributed by atoms with Gasteiger partial charge in [-0.2, -0.15) is 5.26 Å². The Kier molecular flexibility index (Phi) is 7.18. The molecule has 0 bridgehead atoms. The van der Waals surface area contributed by atoms with Gasteiger partial charge in [0, 0.05) is 19.3 Å². The van der Waals surface area contributed by atoms with Crippen molar-refractivity contribution in [2.75, 3.05) is 23.9 Å². The van der Waals surface area contributed by atoms with Gasteiger partial charge in [-0.05, 0) is 42.0 Å². The summed E-state index contributed by atoms with van der Waals surface area (Å²) in [4.78, 5) is 25.5. The molecule has 0 fully saturated rings. The summed E-state index contributed by atoms with van der Waals surface area (Å²) in [6.07, 6.45) is 0. The number of nitrogens with zero attached hydrogens (tertiary/aromatic N) is 2. The van der Waals surface area contributed by atoms with Gasteiger partial charge in [-0.3, -0.25) is 9.59 Å². The second-order valence-corrected chi connectivity index (χ2v) is 6.59. The monoisotopic (exact) mass is 371 g/mol. The molecule has 0 aliphatic carbocycles. The summed E-state index contributed by atoms with van der Waals surface area (Å²) in [5, 5.41) is 11.4. The molecule has 2 amide bonds. The van der Waals surface area contributed by atoms with Crippen molar-refractivity contribution in [3.63, 3.8) is 0 Å². The predicted molar refractivity (Wildman–Crippen MR) is 100.0 cm³/mol. The highest BCUT2D eigenvalue weighted by Crippen LogP contribution is 2.11. The summed E-state index contributed by atoms with van der Waals surface area (Å²) in [6, 6.07) is 14.6. The van der Waals surface area contributed by atoms with E-state index in [-0.39, 0.29) is 29.1 Å². The first-order valence-corrected chi connectivity index (χ1v) is 8.99. The average molecular weight is 371 g/mol. The Morgan fingerprint density at radius 2 is 1.77 bits per heavy atom. The smallest absolute Gasteiger partial charge is 0.234 e. The van der Waals surface area contributed by atoms with Crippen molar-refractivity contribution in [1.29, 1.82) is 5.26 Å². The molecule has 0 aromatic heterocycles. The standard InChI is InChI=1S/C19H18FN3O2S/c1-23(11-15-4-2-14(10-21)3-5-15)19(25)13-26-12-18(24)22-17-8-6-16(20)7-9-17/h2-9H,11-13H2,1H3,(H,22,24). The van der Waals surface area contributed by atoms with Crippen LogP contribution in [0.15, 0.2) is 48.5 Å². The summed E-state index contributed by atoms with van der Waals surface area (Å²) in [5.74, 6) is -0.386. The largest absolute Gasteiger partial charge is 0.341 e. The molecule has 0 saturated heterocycles. The Balaban J connectivity index is 1.72. The van der Waals surface area contributed by atoms with E-state index in [9.17, 15) is 14.0 Å². The topological polar surface area (TPSA) is 73.2 Å². The van der Waals surface area contributed by atoms with Gasteiger partial charge < -0.3 is 10.2 Å². The Hall–Kier alpha value is -2.85. The number of anilines is 1. The molecule has 0 radical (unpaired) electrons. The zero-order chi connectivity index (χ0) is 18.9. The Labute approximate surface area is 155 Å². The predicted octanol–water partition coefficient (Wildman–Crippen LogP) is 3.03. The molecule has 7 heteroatoms. The average Bonchev–Trinajstić information content (AvgIpc) is 2.64. The zero-order valence-electron chi connectivity index (χ0n) is 14.2. The second kappa shape index (κ2) is 9.59. The van der Waals surface area contributed by atoms with E-state index in [2.05, 4.69) is 5.32 Å². The minimum Gasteiger partial charge on any atom is -0.341 e. The van der Waals surface area contributed by atoms with E-state index < -0.39 is 0 Å². The van der Waals surface area contributed by atoms with Crippen LogP contribution >= 0.6 is 11.8 Å². The van der Waals surface area contributed by atoms with Crippen LogP contribution in [0.5, 0.6) is 0 Å². The van der Waals surface area contributed by atoms with Gasteiger partial charge >= 0.3 is 0 Å². The van der Waals surface area contributed by atoms with Crippen LogP contribution in [-0.2, 0) is 16.1 Å². The Bertz CT molecular complexity index is 801. The van der Waals surface area contributed by atoms with Crippen LogP contribution in [0.4, 0.5) is 10.1 Å². The highest BCUT2D eigenvalue weighted by atomic mass is 32.2. The van der Waals surface area contributed by atoms with Crippen molar-refractivity contribution in [2.45, 2.75) is 6.54 Å². The quantitative estimate of drug-likeness (QED) is 0.812. The molecule has 0 atom stereocenters. The molecule has 2 aromatic rings. The third kappa shape index (κ3) is 6.22. The maximum Gasteiger partial charge on any atom is 0.234 e. The lowest BCUT2D eigenvalue weighted by atomic mass is 10.1. The summed E-state index contributed by atoms with van der Waals surface area (Å²) in [6.45, 7) is 0.437. The van der Waals surface area contributed by atoms with Crippen molar-refractivity contribution < 1.29 is 14.0 Å². The fourth-order valence-electron chi connectivity index (χ4n) is 2.12. The number of halogens is 1. The molecule has 2 aromatic carbocycles. The van der Waals surface area contributed by atoms with Crippen molar-refractivity contribution in [3.05, 3.63) is 65.5 Å². The second-order valence-electron chi connectivity index (χ2n) is 5.61. The molecular formula is C19H18FN3O2S. The summed E-state index contributed by atoms with van der Waals surface area (Å²) >= 11 is 1.22. The van der Waals surface area contributed by atoms with E-state index in [0.717, 1.165) is 5.56 Å². The molecule has 0 spiro atoms. The third-order valence-corrected chi connectivity index (χ3v) is 4.43. The van der Waals surface area contributed by atoms with Crippen molar-refractivity contribution >= 4 is 29.3 Å². The highest BCUT2D eigenvalue weighted by molar-refractivity contribution is 8.00. The van der Waals surface area contributed by atoms with Crippen LogP contribution in [0.2, 0.25) is 0 Å². The minimum absolute atomic E-state index is 0.0889. The number of hydrogen-bond acceptors (Lipinski definition) is 4. The number of thioether (sulfide) groups is 1. The number of carbonyl (C=O) groups excluding carboxylic acids is 2. The van der Waals surface area contributed by atoms with Crippen molar-refractivity contribution in [2.24, 2.45) is 0 Å². The van der Waals surface area contributed by atoms with Gasteiger partial charge in [-0.15, -0.1) is 11.8 Å². The molecule has 5 nitrogen and oxygen atoms in total. The van der Waals surface area contributed by atoms with Gasteiger partial charge in [0.2, 0.25) is 11.8 Å². The van der Waals surface area contributed by atoms with E-state index in [1.807, 2.05) is 18.2 Å². The molecule has 0 heterocycles. The van der Waals surface area contributed by atoms with Crippen LogP contribution in [0.3, 0.4) is 0 Å². The third-order valence-electron chi connectivity index (χ3n) is 3.52. The number of hydrogen-bond donors (Lipinski definition) is 1. The van der Waals surface area contributed by atoms with E-state index in [4.69, 9.17) is 5.26 Å². The van der Waals surface area contributed by atoms with E-state index in [1.165, 1.54) is 36.0 Å². The lowest BCUT2D eigenvalue weighted by Gasteiger charge is -2.17. The van der Waals surface area contributed by atoms with E-state index >= 15 is 0 Å². The molecule has 2 rings (SSSR count). The SMILES string of the molecule is CN(Cc1ccc(C#N)cc1)C(=O)CSCC(=O)Nc1ccc(F)cc1. The van der Waals surface area contributed by atoms with Crippen LogP contribution in [-0.4, -0.2) is 35.3 Å². The number of carbonyl (C=O) groups is 2. The molecule has 0 saturated carbocycles. The van der Waals surface area contributed by atoms with Crippen LogP contribution in [0, 0.1) is 17.1 Å². The van der Waals surface area contributed by atoms with Gasteiger partial charge in [0.1, 0.15) is 5.82 Å². The van der Waals surface area contributed by atoms with Gasteiger partial charge in [-0.25, -0.2) is 4.39 Å². The van der Waals surface area contributed by atoms with E-state index in [1.54, 1.807) is 24.1 Å². The fourth-order valence-corrected chi connectivity index (χ4v) is 2.87. The first-order valence-electron chi connectivity index (χ1n) is 7.84. The number of nitrogens with one attached hydrogen (secondary N) is 1. The normalized spacial score (nSPS) is 10.0. The zero-order valence-corrected chi connectivity index (χ0v) is 15.1. The van der Waals surface area contributed by atoms with Crippen LogP contribution in [0.1, 0.15) is 11.1 Å². The number of rotatable bonds is 7. The first kappa shape index (κ1) is 19.5. The fraction of sp³-hybridized carbons (Fsp3) is 0.211. The molecule has 0 aliphatic heterocycles. The van der Waals surface area contributed by atoms with Gasteiger partial charge in [0.25, 0.3) is 0 Å². The highest BCUT2D eigenvalue weighted by Gasteiger charge is 2.11. The number of benzene rings is 2. The van der Waals surface area contributed by atoms with Gasteiger partial charge in [0.05, 0.1) is 23.1 Å². The molecule has 134 valence electrons. The first-order chi connectivity index (χ1) is 12.5. The van der Waals surface area contributed by atoms with E-state index in [0.29, 0.717) is 17.8 Å². The molecule has 0 unspecified atom stereocenters. The molecular weight excluding hydrogens is 353 g/mol. The Morgan fingerprint density at radius 1 is 1.12 bits per heavy atom. The maximum absolute atomic E-state index is 12.8. The number of nitriles is 1. The van der Waals surface area contributed by atoms with Crippen molar-refractivity contribution in [3.8, 4) is 6.07 Å². The van der Waals surface area contributed by atoms with Gasteiger partial charge in [0.15, 0.2) is 0 Å². The summed E-state index contributed by atoms with van der Waals surface area (Å²) in [7, 11) is 1.69. The lowest BCUT2D eigenvalue weighted by molar-refractivity contribution is -0.127. The maximum atomic E-state index is 12.8. The van der Waals surface area contributed by atoms with Gasteiger partial charge in [-0.1, -0.05) is 12.1 Å². The molecule has 1 N–H and O–H groups in total. The summed E-state index contributed by atoms with van der Waals surface area (Å²) < 4.78 is 12.8. The molecule has 0 aliphatic rings. The lowest BCUT2D eigenvalue weighted by Crippen LogP contribution is -2.28. The summed E-state index contributed by atoms with van der Waals surface area (Å²) in [5.41, 5.74) is 2.02. The minimum atomic E-state index is -0.367.